The number of allylic oxidation sites excluding steroid dienone is 1. The number of fused-ring (bicyclic) bond motifs is 2. The Morgan fingerprint density at radius 3 is 2.62 bits per heavy atom. The van der Waals surface area contributed by atoms with Crippen LogP contribution in [0.15, 0.2) is 89.7 Å². The molecule has 0 radical (unpaired) electrons. The summed E-state index contributed by atoms with van der Waals surface area (Å²) in [6.07, 6.45) is 5.06. The fourth-order valence-corrected chi connectivity index (χ4v) is 4.18. The van der Waals surface area contributed by atoms with Gasteiger partial charge in [-0.15, -0.1) is 0 Å². The fourth-order valence-electron chi connectivity index (χ4n) is 4.18. The van der Waals surface area contributed by atoms with Crippen LogP contribution in [0.5, 0.6) is 5.75 Å². The molecule has 5 rings (SSSR count). The van der Waals surface area contributed by atoms with E-state index >= 15 is 0 Å². The minimum atomic E-state index is -0.252. The van der Waals surface area contributed by atoms with Gasteiger partial charge in [0.05, 0.1) is 13.4 Å². The third-order valence-corrected chi connectivity index (χ3v) is 5.91. The minimum absolute atomic E-state index is 0.252. The summed E-state index contributed by atoms with van der Waals surface area (Å²) >= 11 is 0. The lowest BCUT2D eigenvalue weighted by atomic mass is 9.96. The van der Waals surface area contributed by atoms with E-state index in [4.69, 9.17) is 9.15 Å². The number of methoxy groups -OCH3 is 1. The number of pyridine rings is 1. The number of benzene rings is 3. The molecular formula is C29H24N2O3. The Balaban J connectivity index is 1.56. The van der Waals surface area contributed by atoms with Crippen molar-refractivity contribution >= 4 is 39.0 Å². The topological polar surface area (TPSA) is 64.4 Å². The molecule has 0 atom stereocenters. The Labute approximate surface area is 197 Å². The molecule has 0 aliphatic heterocycles. The zero-order valence-electron chi connectivity index (χ0n) is 19.3. The van der Waals surface area contributed by atoms with E-state index in [2.05, 4.69) is 40.6 Å². The Bertz CT molecular complexity index is 1540. The van der Waals surface area contributed by atoms with Gasteiger partial charge in [0.15, 0.2) is 0 Å². The van der Waals surface area contributed by atoms with Gasteiger partial charge < -0.3 is 14.5 Å². The van der Waals surface area contributed by atoms with E-state index in [9.17, 15) is 4.79 Å². The average Bonchev–Trinajstić information content (AvgIpc) is 3.27. The maximum Gasteiger partial charge on any atom is 0.249 e. The number of hydrogen-bond donors (Lipinski definition) is 1. The standard InChI is InChI=1S/C29H24N2O3/c1-18-11-12-28(30-16-18)31-29(32)13-19(2)23-14-24-25(17-34-27(24)15-26(23)33-3)22-10-6-8-20-7-4-5-9-21(20)22/h4-17H,1-3H3,(H,30,31,32)/b19-13+. The van der Waals surface area contributed by atoms with E-state index in [0.717, 1.165) is 44.2 Å². The van der Waals surface area contributed by atoms with Gasteiger partial charge in [-0.2, -0.15) is 0 Å². The second kappa shape index (κ2) is 8.87. The highest BCUT2D eigenvalue weighted by molar-refractivity contribution is 6.07. The second-order valence-electron chi connectivity index (χ2n) is 8.26. The molecule has 2 heterocycles. The van der Waals surface area contributed by atoms with Crippen molar-refractivity contribution < 1.29 is 13.9 Å². The first-order valence-corrected chi connectivity index (χ1v) is 11.0. The first kappa shape index (κ1) is 21.5. The van der Waals surface area contributed by atoms with Crippen LogP contribution in [0, 0.1) is 6.92 Å². The van der Waals surface area contributed by atoms with Crippen molar-refractivity contribution in [2.24, 2.45) is 0 Å². The number of aryl methyl sites for hydroxylation is 1. The van der Waals surface area contributed by atoms with E-state index in [1.54, 1.807) is 31.7 Å². The molecule has 34 heavy (non-hydrogen) atoms. The molecule has 1 N–H and O–H groups in total. The molecule has 3 aromatic carbocycles. The number of hydrogen-bond acceptors (Lipinski definition) is 4. The molecule has 0 saturated heterocycles. The molecule has 0 aliphatic carbocycles. The van der Waals surface area contributed by atoms with Crippen LogP contribution < -0.4 is 10.1 Å². The van der Waals surface area contributed by atoms with Crippen molar-refractivity contribution in [1.82, 2.24) is 4.98 Å². The maximum absolute atomic E-state index is 12.6. The molecule has 2 aromatic heterocycles. The largest absolute Gasteiger partial charge is 0.496 e. The summed E-state index contributed by atoms with van der Waals surface area (Å²) in [5.41, 5.74) is 5.45. The number of amides is 1. The lowest BCUT2D eigenvalue weighted by molar-refractivity contribution is -0.111. The van der Waals surface area contributed by atoms with E-state index in [0.29, 0.717) is 11.6 Å². The molecule has 0 aliphatic rings. The summed E-state index contributed by atoms with van der Waals surface area (Å²) in [5.74, 6) is 0.897. The second-order valence-corrected chi connectivity index (χ2v) is 8.26. The number of aromatic nitrogens is 1. The van der Waals surface area contributed by atoms with Gasteiger partial charge in [0.2, 0.25) is 5.91 Å². The van der Waals surface area contributed by atoms with E-state index in [-0.39, 0.29) is 5.91 Å². The van der Waals surface area contributed by atoms with Crippen LogP contribution >= 0.6 is 0 Å². The lowest BCUT2D eigenvalue weighted by Gasteiger charge is -2.11. The third kappa shape index (κ3) is 4.04. The Hall–Kier alpha value is -4.38. The number of nitrogens with one attached hydrogen (secondary N) is 1. The van der Waals surface area contributed by atoms with E-state index < -0.39 is 0 Å². The van der Waals surface area contributed by atoms with Gasteiger partial charge in [-0.3, -0.25) is 4.79 Å². The van der Waals surface area contributed by atoms with Gasteiger partial charge in [0, 0.05) is 34.9 Å². The number of carbonyl (C=O) groups excluding carboxylic acids is 1. The van der Waals surface area contributed by atoms with Crippen LogP contribution in [0.25, 0.3) is 38.4 Å². The number of rotatable bonds is 5. The zero-order chi connectivity index (χ0) is 23.7. The first-order chi connectivity index (χ1) is 16.5. The van der Waals surface area contributed by atoms with Gasteiger partial charge in [-0.1, -0.05) is 48.5 Å². The summed E-state index contributed by atoms with van der Waals surface area (Å²) in [5, 5.41) is 6.09. The smallest absolute Gasteiger partial charge is 0.249 e. The van der Waals surface area contributed by atoms with Gasteiger partial charge in [0.25, 0.3) is 0 Å². The zero-order valence-corrected chi connectivity index (χ0v) is 19.3. The van der Waals surface area contributed by atoms with Gasteiger partial charge >= 0.3 is 0 Å². The van der Waals surface area contributed by atoms with Crippen LogP contribution in [0.3, 0.4) is 0 Å². The van der Waals surface area contributed by atoms with Crippen molar-refractivity contribution in [2.45, 2.75) is 13.8 Å². The number of furan rings is 1. The van der Waals surface area contributed by atoms with Crippen molar-refractivity contribution in [1.29, 1.82) is 0 Å². The summed E-state index contributed by atoms with van der Waals surface area (Å²) in [6.45, 7) is 3.84. The van der Waals surface area contributed by atoms with Crippen molar-refractivity contribution in [3.8, 4) is 16.9 Å². The highest BCUT2D eigenvalue weighted by Gasteiger charge is 2.16. The molecule has 5 nitrogen and oxygen atoms in total. The average molecular weight is 449 g/mol. The van der Waals surface area contributed by atoms with Crippen molar-refractivity contribution in [3.63, 3.8) is 0 Å². The number of nitrogens with zero attached hydrogens (tertiary/aromatic N) is 1. The van der Waals surface area contributed by atoms with Crippen LogP contribution in [0.1, 0.15) is 18.1 Å². The van der Waals surface area contributed by atoms with E-state index in [1.807, 2.05) is 44.2 Å². The Kier molecular flexibility index (Phi) is 5.60. The molecule has 0 spiro atoms. The predicted molar refractivity (Wildman–Crippen MR) is 137 cm³/mol. The van der Waals surface area contributed by atoms with E-state index in [1.165, 1.54) is 5.39 Å². The van der Waals surface area contributed by atoms with Crippen LogP contribution in [-0.2, 0) is 4.79 Å². The maximum atomic E-state index is 12.6. The molecule has 0 unspecified atom stereocenters. The van der Waals surface area contributed by atoms with Crippen LogP contribution in [0.2, 0.25) is 0 Å². The first-order valence-electron chi connectivity index (χ1n) is 11.0. The highest BCUT2D eigenvalue weighted by atomic mass is 16.5. The van der Waals surface area contributed by atoms with Crippen molar-refractivity contribution in [3.05, 3.63) is 96.4 Å². The van der Waals surface area contributed by atoms with Crippen molar-refractivity contribution in [2.75, 3.05) is 12.4 Å². The summed E-state index contributed by atoms with van der Waals surface area (Å²) in [6, 6.07) is 22.1. The molecule has 1 amide bonds. The lowest BCUT2D eigenvalue weighted by Crippen LogP contribution is -2.10. The normalized spacial score (nSPS) is 11.7. The number of carbonyl (C=O) groups is 1. The molecular weight excluding hydrogens is 424 g/mol. The highest BCUT2D eigenvalue weighted by Crippen LogP contribution is 2.39. The molecule has 5 heteroatoms. The SMILES string of the molecule is COc1cc2occ(-c3cccc4ccccc34)c2cc1/C(C)=C/C(=O)Nc1ccc(C)cn1. The van der Waals surface area contributed by atoms with Gasteiger partial charge in [0.1, 0.15) is 17.2 Å². The number of ether oxygens (including phenoxy) is 1. The monoisotopic (exact) mass is 448 g/mol. The predicted octanol–water partition coefficient (Wildman–Crippen LogP) is 7.01. The third-order valence-electron chi connectivity index (χ3n) is 5.91. The minimum Gasteiger partial charge on any atom is -0.496 e. The van der Waals surface area contributed by atoms with Gasteiger partial charge in [-0.05, 0) is 53.5 Å². The Morgan fingerprint density at radius 1 is 1.00 bits per heavy atom. The van der Waals surface area contributed by atoms with Crippen LogP contribution in [0.4, 0.5) is 5.82 Å². The quantitative estimate of drug-likeness (QED) is 0.294. The van der Waals surface area contributed by atoms with Crippen LogP contribution in [-0.4, -0.2) is 18.0 Å². The molecule has 168 valence electrons. The molecule has 5 aromatic rings. The van der Waals surface area contributed by atoms with Gasteiger partial charge in [-0.25, -0.2) is 4.98 Å². The fraction of sp³-hybridized carbons (Fsp3) is 0.103. The molecule has 0 saturated carbocycles. The summed E-state index contributed by atoms with van der Waals surface area (Å²) < 4.78 is 11.5. The molecule has 0 fully saturated rings. The number of anilines is 1. The summed E-state index contributed by atoms with van der Waals surface area (Å²) in [4.78, 5) is 16.9. The Morgan fingerprint density at radius 2 is 1.82 bits per heavy atom. The molecule has 0 bridgehead atoms. The summed E-state index contributed by atoms with van der Waals surface area (Å²) in [7, 11) is 1.61.